The topological polar surface area (TPSA) is 29.3 Å². The molecule has 0 fully saturated rings. The second-order valence-corrected chi connectivity index (χ2v) is 4.50. The molecule has 1 unspecified atom stereocenters. The summed E-state index contributed by atoms with van der Waals surface area (Å²) in [5.74, 6) is 0. The molecule has 0 saturated carbocycles. The van der Waals surface area contributed by atoms with Gasteiger partial charge in [0.1, 0.15) is 0 Å². The van der Waals surface area contributed by atoms with Gasteiger partial charge in [-0.2, -0.15) is 0 Å². The van der Waals surface area contributed by atoms with Crippen molar-refractivity contribution in [1.29, 1.82) is 0 Å². The van der Waals surface area contributed by atoms with Gasteiger partial charge >= 0.3 is 0 Å². The Hall–Kier alpha value is -0.730. The Morgan fingerprint density at radius 3 is 2.47 bits per heavy atom. The van der Waals surface area contributed by atoms with E-state index in [1.54, 1.807) is 0 Å². The number of halogens is 1. The maximum atomic E-state index is 5.98. The summed E-state index contributed by atoms with van der Waals surface area (Å²) < 4.78 is 0. The second-order valence-electron chi connectivity index (χ2n) is 4.07. The van der Waals surface area contributed by atoms with Gasteiger partial charge in [-0.25, -0.2) is 0 Å². The molecule has 0 aromatic heterocycles. The molecule has 0 aliphatic rings. The minimum Gasteiger partial charge on any atom is -0.365 e. The van der Waals surface area contributed by atoms with Crippen LogP contribution in [0.2, 0.25) is 5.02 Å². The van der Waals surface area contributed by atoms with Crippen molar-refractivity contribution in [2.24, 2.45) is 5.73 Å². The zero-order valence-electron chi connectivity index (χ0n) is 9.57. The average Bonchev–Trinajstić information content (AvgIpc) is 2.17. The molecule has 1 aromatic rings. The molecule has 2 N–H and O–H groups in total. The lowest BCUT2D eigenvalue weighted by Gasteiger charge is -2.34. The van der Waals surface area contributed by atoms with Crippen molar-refractivity contribution in [2.75, 3.05) is 11.4 Å². The molecule has 15 heavy (non-hydrogen) atoms. The van der Waals surface area contributed by atoms with E-state index >= 15 is 0 Å². The summed E-state index contributed by atoms with van der Waals surface area (Å²) in [5.41, 5.74) is 6.85. The van der Waals surface area contributed by atoms with Crippen LogP contribution in [0.25, 0.3) is 0 Å². The summed E-state index contributed by atoms with van der Waals surface area (Å²) >= 11 is 5.98. The highest BCUT2D eigenvalue weighted by Crippen LogP contribution is 2.23. The van der Waals surface area contributed by atoms with Crippen LogP contribution in [0.3, 0.4) is 0 Å². The van der Waals surface area contributed by atoms with E-state index in [1.807, 2.05) is 18.2 Å². The lowest BCUT2D eigenvalue weighted by molar-refractivity contribution is 0.581. The molecule has 0 radical (unpaired) electrons. The van der Waals surface area contributed by atoms with Crippen molar-refractivity contribution < 1.29 is 0 Å². The Labute approximate surface area is 97.0 Å². The van der Waals surface area contributed by atoms with Gasteiger partial charge in [0, 0.05) is 29.3 Å². The molecule has 1 atom stereocenters. The number of hydrogen-bond donors (Lipinski definition) is 1. The van der Waals surface area contributed by atoms with Gasteiger partial charge in [-0.05, 0) is 39.0 Å². The smallest absolute Gasteiger partial charge is 0.0426 e. The standard InChI is InChI=1S/C12H19ClN2/c1-9(2)15(10(3)8-14)12-6-4-5-11(13)7-12/h4-7,9-10H,8,14H2,1-3H3. The molecule has 0 amide bonds. The number of hydrogen-bond acceptors (Lipinski definition) is 2. The fraction of sp³-hybridized carbons (Fsp3) is 0.500. The summed E-state index contributed by atoms with van der Waals surface area (Å²) in [5, 5.41) is 0.766. The third-order valence-electron chi connectivity index (χ3n) is 2.48. The van der Waals surface area contributed by atoms with E-state index in [0.717, 1.165) is 10.7 Å². The van der Waals surface area contributed by atoms with Crippen molar-refractivity contribution in [2.45, 2.75) is 32.9 Å². The molecule has 1 rings (SSSR count). The van der Waals surface area contributed by atoms with Crippen molar-refractivity contribution >= 4 is 17.3 Å². The molecule has 0 aliphatic carbocycles. The van der Waals surface area contributed by atoms with Crippen molar-refractivity contribution in [3.63, 3.8) is 0 Å². The highest BCUT2D eigenvalue weighted by molar-refractivity contribution is 6.30. The molecular weight excluding hydrogens is 208 g/mol. The zero-order valence-corrected chi connectivity index (χ0v) is 10.3. The first-order chi connectivity index (χ1) is 7.06. The third kappa shape index (κ3) is 3.11. The summed E-state index contributed by atoms with van der Waals surface area (Å²) in [6.07, 6.45) is 0. The summed E-state index contributed by atoms with van der Waals surface area (Å²) in [4.78, 5) is 2.28. The fourth-order valence-corrected chi connectivity index (χ4v) is 2.00. The molecule has 0 spiro atoms. The quantitative estimate of drug-likeness (QED) is 0.856. The van der Waals surface area contributed by atoms with E-state index in [0.29, 0.717) is 18.6 Å². The molecule has 84 valence electrons. The first kappa shape index (κ1) is 12.3. The molecule has 0 heterocycles. The van der Waals surface area contributed by atoms with Gasteiger partial charge in [0.25, 0.3) is 0 Å². The average molecular weight is 227 g/mol. The molecule has 0 aliphatic heterocycles. The Balaban J connectivity index is 2.99. The van der Waals surface area contributed by atoms with Crippen LogP contribution in [0.4, 0.5) is 5.69 Å². The first-order valence-electron chi connectivity index (χ1n) is 5.30. The molecule has 0 bridgehead atoms. The van der Waals surface area contributed by atoms with E-state index in [1.165, 1.54) is 0 Å². The maximum absolute atomic E-state index is 5.98. The van der Waals surface area contributed by atoms with Gasteiger partial charge in [0.15, 0.2) is 0 Å². The van der Waals surface area contributed by atoms with Crippen LogP contribution in [0, 0.1) is 0 Å². The summed E-state index contributed by atoms with van der Waals surface area (Å²) in [6, 6.07) is 8.64. The number of anilines is 1. The molecule has 1 aromatic carbocycles. The lowest BCUT2D eigenvalue weighted by atomic mass is 10.1. The number of rotatable bonds is 4. The third-order valence-corrected chi connectivity index (χ3v) is 2.71. The molecule has 0 saturated heterocycles. The van der Waals surface area contributed by atoms with Crippen molar-refractivity contribution in [1.82, 2.24) is 0 Å². The van der Waals surface area contributed by atoms with Gasteiger partial charge in [0.05, 0.1) is 0 Å². The minimum atomic E-state index is 0.323. The minimum absolute atomic E-state index is 0.323. The molecule has 2 nitrogen and oxygen atoms in total. The van der Waals surface area contributed by atoms with E-state index in [9.17, 15) is 0 Å². The van der Waals surface area contributed by atoms with Crippen LogP contribution in [0.5, 0.6) is 0 Å². The maximum Gasteiger partial charge on any atom is 0.0426 e. The van der Waals surface area contributed by atoms with Gasteiger partial charge in [-0.15, -0.1) is 0 Å². The van der Waals surface area contributed by atoms with E-state index in [-0.39, 0.29) is 0 Å². The summed E-state index contributed by atoms with van der Waals surface area (Å²) in [6.45, 7) is 7.09. The van der Waals surface area contributed by atoms with Crippen LogP contribution in [0.1, 0.15) is 20.8 Å². The Bertz CT molecular complexity index is 312. The number of nitrogens with two attached hydrogens (primary N) is 1. The predicted molar refractivity (Wildman–Crippen MR) is 67.6 cm³/mol. The second kappa shape index (κ2) is 5.38. The lowest BCUT2D eigenvalue weighted by Crippen LogP contribution is -2.43. The highest BCUT2D eigenvalue weighted by Gasteiger charge is 2.16. The monoisotopic (exact) mass is 226 g/mol. The van der Waals surface area contributed by atoms with Crippen molar-refractivity contribution in [3.8, 4) is 0 Å². The van der Waals surface area contributed by atoms with Gasteiger partial charge in [-0.1, -0.05) is 17.7 Å². The van der Waals surface area contributed by atoms with Crippen molar-refractivity contribution in [3.05, 3.63) is 29.3 Å². The highest BCUT2D eigenvalue weighted by atomic mass is 35.5. The number of benzene rings is 1. The van der Waals surface area contributed by atoms with Crippen LogP contribution in [-0.4, -0.2) is 18.6 Å². The normalized spacial score (nSPS) is 12.9. The largest absolute Gasteiger partial charge is 0.365 e. The summed E-state index contributed by atoms with van der Waals surface area (Å²) in [7, 11) is 0. The zero-order chi connectivity index (χ0) is 11.4. The van der Waals surface area contributed by atoms with E-state index < -0.39 is 0 Å². The predicted octanol–water partition coefficient (Wildman–Crippen LogP) is 2.90. The Morgan fingerprint density at radius 1 is 1.33 bits per heavy atom. The molecular formula is C12H19ClN2. The van der Waals surface area contributed by atoms with Crippen LogP contribution in [-0.2, 0) is 0 Å². The Morgan fingerprint density at radius 2 is 2.00 bits per heavy atom. The Kier molecular flexibility index (Phi) is 4.43. The van der Waals surface area contributed by atoms with Crippen LogP contribution < -0.4 is 10.6 Å². The van der Waals surface area contributed by atoms with Gasteiger partial charge < -0.3 is 10.6 Å². The van der Waals surface area contributed by atoms with E-state index in [4.69, 9.17) is 17.3 Å². The van der Waals surface area contributed by atoms with Gasteiger partial charge in [-0.3, -0.25) is 0 Å². The SMILES string of the molecule is CC(C)N(c1cccc(Cl)c1)C(C)CN. The number of nitrogens with zero attached hydrogens (tertiary/aromatic N) is 1. The van der Waals surface area contributed by atoms with E-state index in [2.05, 4.69) is 31.7 Å². The van der Waals surface area contributed by atoms with Gasteiger partial charge in [0.2, 0.25) is 0 Å². The van der Waals surface area contributed by atoms with Crippen LogP contribution >= 0.6 is 11.6 Å². The fourth-order valence-electron chi connectivity index (χ4n) is 1.81. The van der Waals surface area contributed by atoms with Crippen LogP contribution in [0.15, 0.2) is 24.3 Å². The molecule has 3 heteroatoms. The first-order valence-corrected chi connectivity index (χ1v) is 5.68.